The van der Waals surface area contributed by atoms with E-state index in [1.54, 1.807) is 13.0 Å². The average molecular weight is 502 g/mol. The molecule has 12 heteroatoms. The number of ether oxygens (including phenoxy) is 2. The maximum atomic E-state index is 12.3. The van der Waals surface area contributed by atoms with E-state index in [-0.39, 0.29) is 28.2 Å². The summed E-state index contributed by atoms with van der Waals surface area (Å²) in [7, 11) is 0. The lowest BCUT2D eigenvalue weighted by Gasteiger charge is -2.39. The molecule has 0 spiro atoms. The summed E-state index contributed by atoms with van der Waals surface area (Å²) in [5.41, 5.74) is -0.180. The molecule has 0 amide bonds. The van der Waals surface area contributed by atoms with E-state index < -0.39 is 60.0 Å². The molecule has 2 aromatic heterocycles. The molecule has 0 unspecified atom stereocenters. The Bertz CT molecular complexity index is 1490. The van der Waals surface area contributed by atoms with Crippen LogP contribution in [0.2, 0.25) is 0 Å². The highest BCUT2D eigenvalue weighted by Gasteiger charge is 2.45. The van der Waals surface area contributed by atoms with E-state index in [1.165, 1.54) is 12.1 Å². The Kier molecular flexibility index (Phi) is 5.77. The van der Waals surface area contributed by atoms with Crippen molar-refractivity contribution in [1.29, 1.82) is 0 Å². The Labute approximate surface area is 201 Å². The molecule has 7 N–H and O–H groups in total. The van der Waals surface area contributed by atoms with Gasteiger partial charge in [-0.15, -0.1) is 0 Å². The third kappa shape index (κ3) is 3.81. The summed E-state index contributed by atoms with van der Waals surface area (Å²) in [6, 6.07) is 6.14. The predicted molar refractivity (Wildman–Crippen MR) is 122 cm³/mol. The van der Waals surface area contributed by atoms with Crippen molar-refractivity contribution >= 4 is 21.9 Å². The number of rotatable bonds is 4. The fraction of sp³-hybridized carbons (Fsp3) is 0.292. The molecule has 5 atom stereocenters. The highest BCUT2D eigenvalue weighted by molar-refractivity contribution is 6.09. The second-order valence-corrected chi connectivity index (χ2v) is 8.50. The van der Waals surface area contributed by atoms with Crippen molar-refractivity contribution in [2.75, 3.05) is 6.61 Å². The maximum Gasteiger partial charge on any atom is 0.229 e. The van der Waals surface area contributed by atoms with E-state index in [9.17, 15) is 40.5 Å². The topological polar surface area (TPSA) is 203 Å². The van der Waals surface area contributed by atoms with E-state index in [1.807, 2.05) is 0 Å². The summed E-state index contributed by atoms with van der Waals surface area (Å²) in [6.07, 6.45) is -7.96. The van der Waals surface area contributed by atoms with Crippen LogP contribution in [0.25, 0.3) is 33.3 Å². The van der Waals surface area contributed by atoms with Crippen LogP contribution >= 0.6 is 0 Å². The van der Waals surface area contributed by atoms with Crippen LogP contribution < -0.4 is 10.2 Å². The van der Waals surface area contributed by atoms with Crippen molar-refractivity contribution in [2.24, 2.45) is 0 Å². The summed E-state index contributed by atoms with van der Waals surface area (Å²) in [5, 5.41) is 71.0. The first kappa shape index (κ1) is 23.9. The number of aromatic hydroxyl groups is 3. The summed E-state index contributed by atoms with van der Waals surface area (Å²) < 4.78 is 23.0. The minimum atomic E-state index is -1.76. The van der Waals surface area contributed by atoms with Gasteiger partial charge < -0.3 is 54.1 Å². The summed E-state index contributed by atoms with van der Waals surface area (Å²) in [6.45, 7) is 0.932. The number of hydrogen-bond donors (Lipinski definition) is 7. The molecule has 0 saturated carbocycles. The van der Waals surface area contributed by atoms with E-state index >= 15 is 0 Å². The van der Waals surface area contributed by atoms with Crippen LogP contribution in [0.4, 0.5) is 0 Å². The number of aliphatic hydroxyl groups excluding tert-OH is 4. The van der Waals surface area contributed by atoms with Crippen molar-refractivity contribution in [3.05, 3.63) is 46.3 Å². The van der Waals surface area contributed by atoms with Crippen LogP contribution in [-0.2, 0) is 4.74 Å². The van der Waals surface area contributed by atoms with Crippen LogP contribution in [0, 0.1) is 6.92 Å². The van der Waals surface area contributed by atoms with E-state index in [4.69, 9.17) is 18.3 Å². The summed E-state index contributed by atoms with van der Waals surface area (Å²) >= 11 is 0. The zero-order valence-electron chi connectivity index (χ0n) is 18.7. The molecule has 1 aliphatic rings. The Hall–Kier alpha value is -3.81. The van der Waals surface area contributed by atoms with Gasteiger partial charge in [0.15, 0.2) is 34.2 Å². The lowest BCUT2D eigenvalue weighted by molar-refractivity contribution is -0.277. The number of aryl methyl sites for hydroxylation is 1. The first-order valence-corrected chi connectivity index (χ1v) is 10.8. The number of aliphatic hydroxyl groups is 4. The first-order chi connectivity index (χ1) is 17.1. The van der Waals surface area contributed by atoms with Crippen molar-refractivity contribution < 1.29 is 54.1 Å². The number of hydrogen-bond acceptors (Lipinski definition) is 12. The molecular weight excluding hydrogens is 480 g/mol. The second-order valence-electron chi connectivity index (χ2n) is 8.50. The van der Waals surface area contributed by atoms with Gasteiger partial charge in [0.1, 0.15) is 41.3 Å². The fourth-order valence-corrected chi connectivity index (χ4v) is 4.25. The summed E-state index contributed by atoms with van der Waals surface area (Å²) in [5.74, 6) is -2.03. The third-order valence-electron chi connectivity index (χ3n) is 6.00. The minimum Gasteiger partial charge on any atom is -0.504 e. The van der Waals surface area contributed by atoms with Gasteiger partial charge in [0, 0.05) is 23.1 Å². The van der Waals surface area contributed by atoms with E-state index in [2.05, 4.69) is 0 Å². The molecule has 0 radical (unpaired) electrons. The number of phenolic OH excluding ortho intramolecular Hbond substituents is 3. The quantitative estimate of drug-likeness (QED) is 0.194. The Morgan fingerprint density at radius 1 is 0.889 bits per heavy atom. The highest BCUT2D eigenvalue weighted by Crippen LogP contribution is 2.46. The molecule has 1 saturated heterocycles. The molecule has 0 aliphatic carbocycles. The maximum absolute atomic E-state index is 12.3. The second kappa shape index (κ2) is 8.69. The predicted octanol–water partition coefficient (Wildman–Crippen LogP) is 0.810. The highest BCUT2D eigenvalue weighted by atomic mass is 16.7. The van der Waals surface area contributed by atoms with Crippen LogP contribution in [0.1, 0.15) is 5.76 Å². The van der Waals surface area contributed by atoms with Crippen molar-refractivity contribution in [2.45, 2.75) is 37.6 Å². The van der Waals surface area contributed by atoms with Crippen LogP contribution in [-0.4, -0.2) is 73.1 Å². The van der Waals surface area contributed by atoms with Crippen molar-refractivity contribution in [1.82, 2.24) is 0 Å². The van der Waals surface area contributed by atoms with Crippen LogP contribution in [0.5, 0.6) is 23.0 Å². The number of phenols is 3. The molecule has 3 heterocycles. The Balaban J connectivity index is 1.79. The normalized spacial score (nSPS) is 24.4. The molecule has 2 aromatic carbocycles. The molecule has 1 aliphatic heterocycles. The van der Waals surface area contributed by atoms with Crippen LogP contribution in [0.3, 0.4) is 0 Å². The molecule has 12 nitrogen and oxygen atoms in total. The molecule has 190 valence electrons. The Morgan fingerprint density at radius 2 is 1.53 bits per heavy atom. The standard InChI is InChI=1S/C24H22O12/c1-8-2-11-17-14(33-8)5-10(26)6-15(17)34-22(9-3-12(27)18(29)13(28)4-9)23(11)36-24-21(32)20(31)19(30)16(7-25)35-24/h2-6,16,19-21,24-25,27-32H,7H2,1H3/t16-,19-,20+,21-,24+/m1/s1. The molecule has 36 heavy (non-hydrogen) atoms. The molecule has 4 aromatic rings. The Morgan fingerprint density at radius 3 is 2.17 bits per heavy atom. The smallest absolute Gasteiger partial charge is 0.229 e. The van der Waals surface area contributed by atoms with Gasteiger partial charge in [-0.1, -0.05) is 0 Å². The van der Waals surface area contributed by atoms with E-state index in [0.717, 1.165) is 12.1 Å². The zero-order valence-corrected chi connectivity index (χ0v) is 18.7. The molecule has 1 fully saturated rings. The number of benzene rings is 2. The molecule has 0 bridgehead atoms. The average Bonchev–Trinajstić information content (AvgIpc) is 2.83. The minimum absolute atomic E-state index is 0.0101. The molecular formula is C24H22O12. The van der Waals surface area contributed by atoms with Gasteiger partial charge in [0.25, 0.3) is 0 Å². The lowest BCUT2D eigenvalue weighted by Crippen LogP contribution is -2.60. The van der Waals surface area contributed by atoms with Gasteiger partial charge in [-0.2, -0.15) is 0 Å². The lowest BCUT2D eigenvalue weighted by atomic mass is 9.99. The van der Waals surface area contributed by atoms with Crippen LogP contribution in [0.15, 0.2) is 44.0 Å². The van der Waals surface area contributed by atoms with Gasteiger partial charge in [-0.05, 0) is 25.1 Å². The van der Waals surface area contributed by atoms with Gasteiger partial charge in [0.2, 0.25) is 6.29 Å². The van der Waals surface area contributed by atoms with Crippen molar-refractivity contribution in [3.8, 4) is 34.3 Å². The van der Waals surface area contributed by atoms with Crippen molar-refractivity contribution in [3.63, 3.8) is 0 Å². The fourth-order valence-electron chi connectivity index (χ4n) is 4.25. The summed E-state index contributed by atoms with van der Waals surface area (Å²) in [4.78, 5) is 12.3. The van der Waals surface area contributed by atoms with Gasteiger partial charge in [-0.3, -0.25) is 4.79 Å². The van der Waals surface area contributed by atoms with Gasteiger partial charge in [0.05, 0.1) is 12.0 Å². The first-order valence-electron chi connectivity index (χ1n) is 10.8. The van der Waals surface area contributed by atoms with Gasteiger partial charge in [-0.25, -0.2) is 0 Å². The monoisotopic (exact) mass is 502 g/mol. The SMILES string of the molecule is Cc1cc2c(O[C@@H]3O[C@H](CO)[C@@H](O)[C@H](O)[C@H]3O)c(-c3cc(O)c(O)c(O)c3)oc3cc(=O)cc(o1)c32. The zero-order chi connectivity index (χ0) is 25.9. The third-order valence-corrected chi connectivity index (χ3v) is 6.00. The molecule has 5 rings (SSSR count). The van der Waals surface area contributed by atoms with E-state index in [0.29, 0.717) is 16.5 Å². The largest absolute Gasteiger partial charge is 0.504 e. The van der Waals surface area contributed by atoms with Gasteiger partial charge >= 0.3 is 0 Å².